The van der Waals surface area contributed by atoms with Gasteiger partial charge in [0.2, 0.25) is 5.89 Å². The van der Waals surface area contributed by atoms with Gasteiger partial charge in [-0.2, -0.15) is 4.98 Å². The number of hydrogen-bond acceptors (Lipinski definition) is 5. The van der Waals surface area contributed by atoms with Gasteiger partial charge in [-0.15, -0.1) is 0 Å². The van der Waals surface area contributed by atoms with Crippen LogP contribution in [-0.2, 0) is 13.0 Å². The Kier molecular flexibility index (Phi) is 5.08. The zero-order valence-electron chi connectivity index (χ0n) is 14.3. The summed E-state index contributed by atoms with van der Waals surface area (Å²) in [7, 11) is 0. The van der Waals surface area contributed by atoms with Crippen molar-refractivity contribution >= 4 is 0 Å². The summed E-state index contributed by atoms with van der Waals surface area (Å²) in [6.45, 7) is 11.7. The predicted octanol–water partition coefficient (Wildman–Crippen LogP) is 2.82. The lowest BCUT2D eigenvalue weighted by molar-refractivity contribution is 0.0844. The van der Waals surface area contributed by atoms with Crippen LogP contribution in [0.25, 0.3) is 0 Å². The molecule has 0 radical (unpaired) electrons. The number of benzene rings is 1. The minimum Gasteiger partial charge on any atom is -0.338 e. The molecule has 124 valence electrons. The van der Waals surface area contributed by atoms with E-state index in [1.54, 1.807) is 0 Å². The molecule has 0 unspecified atom stereocenters. The fraction of sp³-hybridized carbons (Fsp3) is 0.556. The van der Waals surface area contributed by atoms with Gasteiger partial charge in [0.15, 0.2) is 5.82 Å². The summed E-state index contributed by atoms with van der Waals surface area (Å²) in [5, 5.41) is 4.01. The molecule has 5 heteroatoms. The average molecular weight is 314 g/mol. The maximum Gasteiger partial charge on any atom is 0.243 e. The lowest BCUT2D eigenvalue weighted by Gasteiger charge is -2.37. The summed E-state index contributed by atoms with van der Waals surface area (Å²) in [4.78, 5) is 9.43. The number of piperazine rings is 1. The minimum atomic E-state index is 0.198. The van der Waals surface area contributed by atoms with E-state index >= 15 is 0 Å². The van der Waals surface area contributed by atoms with E-state index < -0.39 is 0 Å². The van der Waals surface area contributed by atoms with Crippen molar-refractivity contribution in [2.24, 2.45) is 0 Å². The second-order valence-electron chi connectivity index (χ2n) is 6.32. The van der Waals surface area contributed by atoms with Crippen LogP contribution in [0.5, 0.6) is 0 Å². The second kappa shape index (κ2) is 7.23. The van der Waals surface area contributed by atoms with Crippen LogP contribution in [0.1, 0.15) is 42.7 Å². The van der Waals surface area contributed by atoms with Crippen molar-refractivity contribution in [3.05, 3.63) is 47.1 Å². The molecule has 1 saturated heterocycles. The normalized spacial score (nSPS) is 18.2. The third kappa shape index (κ3) is 3.79. The molecule has 0 saturated carbocycles. The van der Waals surface area contributed by atoms with Crippen molar-refractivity contribution in [1.29, 1.82) is 0 Å². The molecular formula is C18H26N4O. The summed E-state index contributed by atoms with van der Waals surface area (Å²) < 4.78 is 5.39. The van der Waals surface area contributed by atoms with Crippen LogP contribution < -0.4 is 0 Å². The van der Waals surface area contributed by atoms with E-state index in [0.717, 1.165) is 50.9 Å². The lowest BCUT2D eigenvalue weighted by Crippen LogP contribution is -2.46. The summed E-state index contributed by atoms with van der Waals surface area (Å²) in [5.41, 5.74) is 2.81. The van der Waals surface area contributed by atoms with Crippen molar-refractivity contribution in [3.8, 4) is 0 Å². The van der Waals surface area contributed by atoms with E-state index in [4.69, 9.17) is 4.52 Å². The summed E-state index contributed by atoms with van der Waals surface area (Å²) in [6, 6.07) is 8.85. The Bertz CT molecular complexity index is 631. The van der Waals surface area contributed by atoms with Crippen LogP contribution in [0.4, 0.5) is 0 Å². The van der Waals surface area contributed by atoms with Crippen LogP contribution in [0.15, 0.2) is 28.8 Å². The number of rotatable bonds is 5. The van der Waals surface area contributed by atoms with E-state index in [0.29, 0.717) is 0 Å². The Morgan fingerprint density at radius 2 is 1.91 bits per heavy atom. The fourth-order valence-electron chi connectivity index (χ4n) is 3.07. The van der Waals surface area contributed by atoms with Gasteiger partial charge in [-0.3, -0.25) is 9.80 Å². The highest BCUT2D eigenvalue weighted by atomic mass is 16.5. The Balaban J connectivity index is 1.54. The first-order chi connectivity index (χ1) is 11.2. The SMILES string of the molecule is CCc1noc([C@H](C)N2CCN(Cc3ccccc3C)CC2)n1. The number of aryl methyl sites for hydroxylation is 2. The molecule has 5 nitrogen and oxygen atoms in total. The first-order valence-corrected chi connectivity index (χ1v) is 8.50. The molecule has 0 bridgehead atoms. The Morgan fingerprint density at radius 1 is 1.17 bits per heavy atom. The fourth-order valence-corrected chi connectivity index (χ4v) is 3.07. The molecule has 2 aromatic rings. The molecule has 23 heavy (non-hydrogen) atoms. The van der Waals surface area contributed by atoms with Gasteiger partial charge < -0.3 is 4.52 Å². The number of hydrogen-bond donors (Lipinski definition) is 0. The first kappa shape index (κ1) is 16.1. The highest BCUT2D eigenvalue weighted by Crippen LogP contribution is 2.21. The maximum atomic E-state index is 5.39. The molecule has 1 aliphatic heterocycles. The monoisotopic (exact) mass is 314 g/mol. The molecule has 1 aromatic carbocycles. The van der Waals surface area contributed by atoms with E-state index in [-0.39, 0.29) is 6.04 Å². The van der Waals surface area contributed by atoms with Gasteiger partial charge >= 0.3 is 0 Å². The highest BCUT2D eigenvalue weighted by molar-refractivity contribution is 5.25. The standard InChI is InChI=1S/C18H26N4O/c1-4-17-19-18(23-20-17)15(3)22-11-9-21(10-12-22)13-16-8-6-5-7-14(16)2/h5-8,15H,4,9-13H2,1-3H3/t15-/m0/s1. The van der Waals surface area contributed by atoms with Crippen LogP contribution in [0.2, 0.25) is 0 Å². The topological polar surface area (TPSA) is 45.4 Å². The predicted molar refractivity (Wildman–Crippen MR) is 90.1 cm³/mol. The molecule has 0 spiro atoms. The van der Waals surface area contributed by atoms with Crippen LogP contribution in [0.3, 0.4) is 0 Å². The summed E-state index contributed by atoms with van der Waals surface area (Å²) >= 11 is 0. The Morgan fingerprint density at radius 3 is 2.57 bits per heavy atom. The van der Waals surface area contributed by atoms with Crippen molar-refractivity contribution in [1.82, 2.24) is 19.9 Å². The van der Waals surface area contributed by atoms with Gasteiger partial charge in [0, 0.05) is 39.1 Å². The molecule has 0 aliphatic carbocycles. The molecule has 1 fully saturated rings. The van der Waals surface area contributed by atoms with Crippen LogP contribution >= 0.6 is 0 Å². The maximum absolute atomic E-state index is 5.39. The molecular weight excluding hydrogens is 288 g/mol. The van der Waals surface area contributed by atoms with E-state index in [2.05, 4.69) is 58.1 Å². The Labute approximate surface area is 138 Å². The van der Waals surface area contributed by atoms with Crippen LogP contribution in [0, 0.1) is 6.92 Å². The van der Waals surface area contributed by atoms with Crippen molar-refractivity contribution in [2.45, 2.75) is 39.8 Å². The van der Waals surface area contributed by atoms with E-state index in [1.807, 2.05) is 6.92 Å². The quantitative estimate of drug-likeness (QED) is 0.849. The highest BCUT2D eigenvalue weighted by Gasteiger charge is 2.25. The molecule has 1 aromatic heterocycles. The first-order valence-electron chi connectivity index (χ1n) is 8.50. The van der Waals surface area contributed by atoms with E-state index in [1.165, 1.54) is 11.1 Å². The second-order valence-corrected chi connectivity index (χ2v) is 6.32. The van der Waals surface area contributed by atoms with Gasteiger partial charge in [-0.25, -0.2) is 0 Å². The zero-order valence-corrected chi connectivity index (χ0v) is 14.3. The van der Waals surface area contributed by atoms with Crippen LogP contribution in [-0.4, -0.2) is 46.1 Å². The van der Waals surface area contributed by atoms with Gasteiger partial charge in [0.05, 0.1) is 6.04 Å². The van der Waals surface area contributed by atoms with Crippen molar-refractivity contribution in [3.63, 3.8) is 0 Å². The minimum absolute atomic E-state index is 0.198. The molecule has 3 rings (SSSR count). The molecule has 1 aliphatic rings. The van der Waals surface area contributed by atoms with Gasteiger partial charge in [-0.1, -0.05) is 36.3 Å². The smallest absolute Gasteiger partial charge is 0.243 e. The molecule has 1 atom stereocenters. The zero-order chi connectivity index (χ0) is 16.2. The van der Waals surface area contributed by atoms with E-state index in [9.17, 15) is 0 Å². The summed E-state index contributed by atoms with van der Waals surface area (Å²) in [5.74, 6) is 1.54. The Hall–Kier alpha value is -1.72. The molecule has 2 heterocycles. The number of nitrogens with zero attached hydrogens (tertiary/aromatic N) is 4. The van der Waals surface area contributed by atoms with Gasteiger partial charge in [0.1, 0.15) is 0 Å². The molecule has 0 amide bonds. The van der Waals surface area contributed by atoms with Crippen molar-refractivity contribution in [2.75, 3.05) is 26.2 Å². The number of aromatic nitrogens is 2. The largest absolute Gasteiger partial charge is 0.338 e. The third-order valence-electron chi connectivity index (χ3n) is 4.77. The van der Waals surface area contributed by atoms with Gasteiger partial charge in [0.25, 0.3) is 0 Å². The lowest BCUT2D eigenvalue weighted by atomic mass is 10.1. The summed E-state index contributed by atoms with van der Waals surface area (Å²) in [6.07, 6.45) is 0.820. The third-order valence-corrected chi connectivity index (χ3v) is 4.77. The van der Waals surface area contributed by atoms with Gasteiger partial charge in [-0.05, 0) is 25.0 Å². The average Bonchev–Trinajstić information content (AvgIpc) is 3.06. The molecule has 0 N–H and O–H groups in total. The van der Waals surface area contributed by atoms with Crippen molar-refractivity contribution < 1.29 is 4.52 Å².